The second-order valence-electron chi connectivity index (χ2n) is 2.24. The average Bonchev–Trinajstić information content (AvgIpc) is 2.22. The molecule has 14 heavy (non-hydrogen) atoms. The number of carbonyl (C=O) groups is 1. The van der Waals surface area contributed by atoms with Crippen LogP contribution in [0.25, 0.3) is 0 Å². The van der Waals surface area contributed by atoms with Crippen LogP contribution >= 0.6 is 34.6 Å². The molecule has 0 aliphatic heterocycles. The van der Waals surface area contributed by atoms with E-state index >= 15 is 0 Å². The molecule has 1 aromatic heterocycles. The molecule has 0 spiro atoms. The number of hydrogen-bond acceptors (Lipinski definition) is 3. The van der Waals surface area contributed by atoms with Crippen LogP contribution in [-0.4, -0.2) is 18.4 Å². The maximum Gasteiger partial charge on any atom is 0.226 e. The third-order valence-corrected chi connectivity index (χ3v) is 2.04. The van der Waals surface area contributed by atoms with Crippen molar-refractivity contribution in [1.82, 2.24) is 10.3 Å². The van der Waals surface area contributed by atoms with Gasteiger partial charge in [-0.1, -0.05) is 17.7 Å². The molecule has 1 N–H and O–H groups in total. The van der Waals surface area contributed by atoms with Crippen LogP contribution in [0.15, 0.2) is 12.1 Å². The first-order chi connectivity index (χ1) is 6.65. The van der Waals surface area contributed by atoms with E-state index in [9.17, 15) is 0 Å². The van der Waals surface area contributed by atoms with Crippen molar-refractivity contribution in [3.63, 3.8) is 0 Å². The van der Waals surface area contributed by atoms with Gasteiger partial charge in [-0.3, -0.25) is 4.79 Å². The summed E-state index contributed by atoms with van der Waals surface area (Å²) in [6, 6.07) is 3.64. The lowest BCUT2D eigenvalue weighted by molar-refractivity contribution is -0.109. The lowest BCUT2D eigenvalue weighted by Gasteiger charge is -1.97. The molecule has 1 aromatic rings. The average molecular weight is 329 g/mol. The Kier molecular flexibility index (Phi) is 7.50. The lowest BCUT2D eigenvalue weighted by Crippen LogP contribution is -1.98. The summed E-state index contributed by atoms with van der Waals surface area (Å²) < 4.78 is 4.82. The molecule has 0 atom stereocenters. The fourth-order valence-electron chi connectivity index (χ4n) is 0.530. The van der Waals surface area contributed by atoms with Crippen molar-refractivity contribution >= 4 is 41.0 Å². The number of carbonyl (C=O) groups excluding carboxylic acids is 1. The van der Waals surface area contributed by atoms with Crippen molar-refractivity contribution in [2.75, 3.05) is 7.05 Å². The molecule has 6 heteroatoms. The van der Waals surface area contributed by atoms with Crippen molar-refractivity contribution in [1.29, 1.82) is 0 Å². The Labute approximate surface area is 102 Å². The number of hydrogen-bond donors (Lipinski definition) is 1. The van der Waals surface area contributed by atoms with Crippen LogP contribution in [0.2, 0.25) is 5.15 Å². The van der Waals surface area contributed by atoms with E-state index < -0.39 is 0 Å². The van der Waals surface area contributed by atoms with Crippen LogP contribution < -0.4 is 8.38 Å². The van der Waals surface area contributed by atoms with Crippen LogP contribution in [0.1, 0.15) is 5.56 Å². The standard InChI is InChI=1S/C6H5ClINO.C2H5NO/c1-4-2-3-5(10-8)9-6(4)7;1-3-2-4/h2-3H,1H3;2H,1H3,(H,3,4). The highest BCUT2D eigenvalue weighted by molar-refractivity contribution is 14.1. The summed E-state index contributed by atoms with van der Waals surface area (Å²) in [7, 11) is 1.56. The van der Waals surface area contributed by atoms with Gasteiger partial charge in [0, 0.05) is 13.1 Å². The molecule has 1 rings (SSSR count). The van der Waals surface area contributed by atoms with Gasteiger partial charge < -0.3 is 8.38 Å². The molecule has 4 nitrogen and oxygen atoms in total. The molecular weight excluding hydrogens is 318 g/mol. The van der Waals surface area contributed by atoms with Gasteiger partial charge in [-0.15, -0.1) is 0 Å². The number of aromatic nitrogens is 1. The fourth-order valence-corrected chi connectivity index (χ4v) is 0.922. The van der Waals surface area contributed by atoms with Crippen molar-refractivity contribution < 1.29 is 7.86 Å². The molecule has 0 radical (unpaired) electrons. The zero-order valence-electron chi connectivity index (χ0n) is 7.75. The molecular formula is C8H10ClIN2O2. The van der Waals surface area contributed by atoms with Gasteiger partial charge in [-0.25, -0.2) is 4.98 Å². The maximum atomic E-state index is 9.06. The Morgan fingerprint density at radius 3 is 2.57 bits per heavy atom. The predicted octanol–water partition coefficient (Wildman–Crippen LogP) is 2.13. The zero-order chi connectivity index (χ0) is 11.0. The van der Waals surface area contributed by atoms with Crippen LogP contribution in [0.5, 0.6) is 5.88 Å². The summed E-state index contributed by atoms with van der Waals surface area (Å²) in [5.74, 6) is 0.538. The minimum Gasteiger partial charge on any atom is -0.408 e. The predicted molar refractivity (Wildman–Crippen MR) is 63.8 cm³/mol. The van der Waals surface area contributed by atoms with Gasteiger partial charge >= 0.3 is 0 Å². The molecule has 0 aromatic carbocycles. The minimum absolute atomic E-state index is 0.495. The van der Waals surface area contributed by atoms with Gasteiger partial charge in [0.05, 0.1) is 0 Å². The van der Waals surface area contributed by atoms with E-state index in [0.717, 1.165) is 5.56 Å². The fraction of sp³-hybridized carbons (Fsp3) is 0.250. The monoisotopic (exact) mass is 328 g/mol. The van der Waals surface area contributed by atoms with Crippen molar-refractivity contribution in [2.45, 2.75) is 6.92 Å². The van der Waals surface area contributed by atoms with Crippen molar-refractivity contribution in [3.8, 4) is 5.88 Å². The summed E-state index contributed by atoms with van der Waals surface area (Å²) >= 11 is 7.46. The van der Waals surface area contributed by atoms with Gasteiger partial charge in [-0.2, -0.15) is 0 Å². The smallest absolute Gasteiger partial charge is 0.226 e. The first-order valence-corrected chi connectivity index (χ1v) is 4.94. The lowest BCUT2D eigenvalue weighted by atomic mass is 10.3. The zero-order valence-corrected chi connectivity index (χ0v) is 10.7. The second kappa shape index (κ2) is 7.81. The Balaban J connectivity index is 0.000000364. The minimum atomic E-state index is 0.495. The van der Waals surface area contributed by atoms with E-state index in [4.69, 9.17) is 19.5 Å². The highest BCUT2D eigenvalue weighted by atomic mass is 127. The van der Waals surface area contributed by atoms with Crippen LogP contribution in [0, 0.1) is 6.92 Å². The number of nitrogens with zero attached hydrogens (tertiary/aromatic N) is 1. The Hall–Kier alpha value is -0.560. The molecule has 0 bridgehead atoms. The highest BCUT2D eigenvalue weighted by Crippen LogP contribution is 2.17. The third-order valence-electron chi connectivity index (χ3n) is 1.21. The quantitative estimate of drug-likeness (QED) is 0.514. The molecule has 0 aliphatic carbocycles. The maximum absolute atomic E-state index is 9.06. The SMILES string of the molecule is CNC=O.Cc1ccc(OI)nc1Cl. The molecule has 78 valence electrons. The normalized spacial score (nSPS) is 8.29. The number of nitrogens with one attached hydrogen (secondary N) is 1. The number of rotatable bonds is 2. The third kappa shape index (κ3) is 5.23. The summed E-state index contributed by atoms with van der Waals surface area (Å²) in [6.07, 6.45) is 0.625. The van der Waals surface area contributed by atoms with Gasteiger partial charge in [-0.05, 0) is 12.5 Å². The summed E-state index contributed by atoms with van der Waals surface area (Å²) in [4.78, 5) is 13.0. The van der Waals surface area contributed by atoms with E-state index in [1.165, 1.54) is 0 Å². The molecule has 1 amide bonds. The summed E-state index contributed by atoms with van der Waals surface area (Å²) in [5.41, 5.74) is 0.957. The first-order valence-electron chi connectivity index (χ1n) is 3.68. The second-order valence-corrected chi connectivity index (χ2v) is 3.04. The van der Waals surface area contributed by atoms with Crippen molar-refractivity contribution in [3.05, 3.63) is 22.8 Å². The van der Waals surface area contributed by atoms with E-state index in [0.29, 0.717) is 17.4 Å². The van der Waals surface area contributed by atoms with Crippen LogP contribution in [0.4, 0.5) is 0 Å². The van der Waals surface area contributed by atoms with E-state index in [2.05, 4.69) is 10.3 Å². The molecule has 0 unspecified atom stereocenters. The van der Waals surface area contributed by atoms with Gasteiger partial charge in [0.15, 0.2) is 23.0 Å². The van der Waals surface area contributed by atoms with Crippen molar-refractivity contribution in [2.24, 2.45) is 0 Å². The Morgan fingerprint density at radius 1 is 1.64 bits per heavy atom. The number of amides is 1. The molecule has 1 heterocycles. The van der Waals surface area contributed by atoms with Crippen LogP contribution in [0.3, 0.4) is 0 Å². The topological polar surface area (TPSA) is 51.2 Å². The number of aryl methyl sites for hydroxylation is 1. The Bertz CT molecular complexity index is 297. The highest BCUT2D eigenvalue weighted by Gasteiger charge is 1.97. The Morgan fingerprint density at radius 2 is 2.21 bits per heavy atom. The molecule has 0 saturated carbocycles. The number of pyridine rings is 1. The summed E-state index contributed by atoms with van der Waals surface area (Å²) in [5, 5.41) is 2.74. The van der Waals surface area contributed by atoms with Crippen LogP contribution in [-0.2, 0) is 4.79 Å². The first kappa shape index (κ1) is 13.4. The molecule has 0 saturated heterocycles. The molecule has 0 fully saturated rings. The number of halogens is 2. The van der Waals surface area contributed by atoms with E-state index in [1.807, 2.05) is 13.0 Å². The van der Waals surface area contributed by atoms with Gasteiger partial charge in [0.1, 0.15) is 5.15 Å². The summed E-state index contributed by atoms with van der Waals surface area (Å²) in [6.45, 7) is 1.90. The van der Waals surface area contributed by atoms with Gasteiger partial charge in [0.25, 0.3) is 0 Å². The van der Waals surface area contributed by atoms with E-state index in [1.54, 1.807) is 36.1 Å². The van der Waals surface area contributed by atoms with E-state index in [-0.39, 0.29) is 0 Å². The molecule has 0 aliphatic rings. The van der Waals surface area contributed by atoms with Gasteiger partial charge in [0.2, 0.25) is 12.3 Å². The largest absolute Gasteiger partial charge is 0.408 e.